The van der Waals surface area contributed by atoms with Crippen molar-refractivity contribution in [2.45, 2.75) is 53.3 Å². The quantitative estimate of drug-likeness (QED) is 0.684. The average Bonchev–Trinajstić information content (AvgIpc) is 2.79. The summed E-state index contributed by atoms with van der Waals surface area (Å²) in [5, 5.41) is 14.9. The smallest absolute Gasteiger partial charge is 0.315 e. The zero-order chi connectivity index (χ0) is 15.8. The molecule has 6 nitrogen and oxygen atoms in total. The maximum Gasteiger partial charge on any atom is 0.315 e. The van der Waals surface area contributed by atoms with Gasteiger partial charge in [-0.05, 0) is 25.2 Å². The second-order valence-electron chi connectivity index (χ2n) is 6.14. The molecule has 1 aromatic rings. The highest BCUT2D eigenvalue weighted by Gasteiger charge is 2.09. The second-order valence-corrected chi connectivity index (χ2v) is 6.14. The molecule has 0 fully saturated rings. The van der Waals surface area contributed by atoms with Crippen LogP contribution in [0.4, 0.5) is 4.79 Å². The van der Waals surface area contributed by atoms with Gasteiger partial charge in [-0.2, -0.15) is 0 Å². The Kier molecular flexibility index (Phi) is 7.22. The zero-order valence-corrected chi connectivity index (χ0v) is 13.5. The summed E-state index contributed by atoms with van der Waals surface area (Å²) >= 11 is 0. The number of hydrogen-bond acceptors (Lipinski definition) is 3. The van der Waals surface area contributed by atoms with Gasteiger partial charge in [0.2, 0.25) is 0 Å². The highest BCUT2D eigenvalue weighted by molar-refractivity contribution is 5.73. The number of carbonyl (C=O) groups excluding carboxylic acids is 1. The van der Waals surface area contributed by atoms with Crippen LogP contribution < -0.4 is 10.6 Å². The molecule has 2 unspecified atom stereocenters. The van der Waals surface area contributed by atoms with Crippen LogP contribution in [-0.2, 0) is 13.1 Å². The van der Waals surface area contributed by atoms with Gasteiger partial charge in [-0.1, -0.05) is 20.8 Å². The standard InChI is InChI=1S/C15H28N4O2/c1-11(2)10-19-6-5-16-14(19)9-18-15(21)17-8-12(3)7-13(4)20/h5-6,11-13,20H,7-10H2,1-4H3,(H2,17,18,21). The lowest BCUT2D eigenvalue weighted by molar-refractivity contribution is 0.163. The van der Waals surface area contributed by atoms with E-state index in [1.807, 2.05) is 13.1 Å². The van der Waals surface area contributed by atoms with Crippen LogP contribution in [0.3, 0.4) is 0 Å². The van der Waals surface area contributed by atoms with Crippen LogP contribution >= 0.6 is 0 Å². The predicted molar refractivity (Wildman–Crippen MR) is 82.8 cm³/mol. The Bertz CT molecular complexity index is 429. The van der Waals surface area contributed by atoms with Gasteiger partial charge in [-0.15, -0.1) is 0 Å². The van der Waals surface area contributed by atoms with Gasteiger partial charge in [-0.3, -0.25) is 0 Å². The van der Waals surface area contributed by atoms with Crippen molar-refractivity contribution in [2.24, 2.45) is 11.8 Å². The predicted octanol–water partition coefficient (Wildman–Crippen LogP) is 1.75. The van der Waals surface area contributed by atoms with E-state index in [1.165, 1.54) is 0 Å². The third kappa shape index (κ3) is 7.13. The molecule has 0 bridgehead atoms. The fourth-order valence-corrected chi connectivity index (χ4v) is 2.22. The molecule has 0 saturated carbocycles. The fourth-order valence-electron chi connectivity index (χ4n) is 2.22. The first-order valence-electron chi connectivity index (χ1n) is 7.58. The number of aromatic nitrogens is 2. The topological polar surface area (TPSA) is 79.2 Å². The van der Waals surface area contributed by atoms with Gasteiger partial charge in [0.15, 0.2) is 0 Å². The minimum atomic E-state index is -0.339. The monoisotopic (exact) mass is 296 g/mol. The number of imidazole rings is 1. The lowest BCUT2D eigenvalue weighted by atomic mass is 10.1. The van der Waals surface area contributed by atoms with Crippen LogP contribution in [0.15, 0.2) is 12.4 Å². The van der Waals surface area contributed by atoms with Crippen molar-refractivity contribution >= 4 is 6.03 Å². The van der Waals surface area contributed by atoms with Crippen molar-refractivity contribution in [2.75, 3.05) is 6.54 Å². The normalized spacial score (nSPS) is 14.0. The molecule has 1 aromatic heterocycles. The molecule has 2 amide bonds. The Hall–Kier alpha value is -1.56. The summed E-state index contributed by atoms with van der Waals surface area (Å²) in [6, 6.07) is -0.202. The number of nitrogens with zero attached hydrogens (tertiary/aromatic N) is 2. The molecule has 0 aliphatic heterocycles. The Morgan fingerprint density at radius 2 is 2.05 bits per heavy atom. The van der Waals surface area contributed by atoms with E-state index in [0.717, 1.165) is 12.4 Å². The molecule has 0 aliphatic carbocycles. The van der Waals surface area contributed by atoms with Crippen LogP contribution in [0.5, 0.6) is 0 Å². The van der Waals surface area contributed by atoms with Crippen molar-refractivity contribution in [3.63, 3.8) is 0 Å². The van der Waals surface area contributed by atoms with E-state index in [2.05, 4.69) is 34.0 Å². The number of aliphatic hydroxyl groups is 1. The summed E-state index contributed by atoms with van der Waals surface area (Å²) in [7, 11) is 0. The Labute approximate surface area is 127 Å². The number of aliphatic hydroxyl groups excluding tert-OH is 1. The van der Waals surface area contributed by atoms with E-state index in [4.69, 9.17) is 0 Å². The molecular weight excluding hydrogens is 268 g/mol. The Morgan fingerprint density at radius 3 is 2.67 bits per heavy atom. The SMILES string of the molecule is CC(C)Cn1ccnc1CNC(=O)NCC(C)CC(C)O. The van der Waals surface area contributed by atoms with Crippen molar-refractivity contribution in [1.82, 2.24) is 20.2 Å². The molecule has 0 spiro atoms. The van der Waals surface area contributed by atoms with Gasteiger partial charge in [0, 0.05) is 25.5 Å². The van der Waals surface area contributed by atoms with Gasteiger partial charge in [-0.25, -0.2) is 9.78 Å². The number of nitrogens with one attached hydrogen (secondary N) is 2. The number of rotatable bonds is 8. The van der Waals surface area contributed by atoms with Crippen molar-refractivity contribution in [3.8, 4) is 0 Å². The molecule has 0 saturated heterocycles. The minimum absolute atomic E-state index is 0.202. The molecule has 0 radical (unpaired) electrons. The molecular formula is C15H28N4O2. The molecule has 3 N–H and O–H groups in total. The molecule has 2 atom stereocenters. The molecule has 21 heavy (non-hydrogen) atoms. The number of amides is 2. The molecule has 0 aliphatic rings. The van der Waals surface area contributed by atoms with Crippen LogP contribution in [0.1, 0.15) is 39.9 Å². The number of hydrogen-bond donors (Lipinski definition) is 3. The van der Waals surface area contributed by atoms with Crippen molar-refractivity contribution in [3.05, 3.63) is 18.2 Å². The van der Waals surface area contributed by atoms with Crippen LogP contribution in [-0.4, -0.2) is 33.3 Å². The first kappa shape index (κ1) is 17.5. The zero-order valence-electron chi connectivity index (χ0n) is 13.5. The first-order valence-corrected chi connectivity index (χ1v) is 7.58. The van der Waals surface area contributed by atoms with Gasteiger partial charge in [0.25, 0.3) is 0 Å². The lowest BCUT2D eigenvalue weighted by Gasteiger charge is -2.15. The third-order valence-corrected chi connectivity index (χ3v) is 3.13. The van der Waals surface area contributed by atoms with Gasteiger partial charge in [0.1, 0.15) is 5.82 Å². The summed E-state index contributed by atoms with van der Waals surface area (Å²) in [6.07, 6.45) is 4.02. The van der Waals surface area contributed by atoms with E-state index < -0.39 is 0 Å². The molecule has 1 rings (SSSR count). The van der Waals surface area contributed by atoms with E-state index >= 15 is 0 Å². The molecule has 6 heteroatoms. The van der Waals surface area contributed by atoms with Crippen LogP contribution in [0, 0.1) is 11.8 Å². The first-order chi connectivity index (χ1) is 9.88. The minimum Gasteiger partial charge on any atom is -0.393 e. The highest BCUT2D eigenvalue weighted by atomic mass is 16.3. The van der Waals surface area contributed by atoms with Gasteiger partial charge < -0.3 is 20.3 Å². The summed E-state index contributed by atoms with van der Waals surface area (Å²) in [4.78, 5) is 16.0. The van der Waals surface area contributed by atoms with Crippen molar-refractivity contribution in [1.29, 1.82) is 0 Å². The maximum atomic E-state index is 11.7. The molecule has 120 valence electrons. The van der Waals surface area contributed by atoms with Gasteiger partial charge >= 0.3 is 6.03 Å². The largest absolute Gasteiger partial charge is 0.393 e. The Balaban J connectivity index is 2.31. The maximum absolute atomic E-state index is 11.7. The molecule has 0 aromatic carbocycles. The van der Waals surface area contributed by atoms with E-state index in [0.29, 0.717) is 25.4 Å². The molecule has 1 heterocycles. The number of carbonyl (C=O) groups is 1. The highest BCUT2D eigenvalue weighted by Crippen LogP contribution is 2.04. The number of urea groups is 1. The van der Waals surface area contributed by atoms with E-state index in [9.17, 15) is 9.90 Å². The van der Waals surface area contributed by atoms with Crippen molar-refractivity contribution < 1.29 is 9.90 Å². The average molecular weight is 296 g/mol. The Morgan fingerprint density at radius 1 is 1.33 bits per heavy atom. The van der Waals surface area contributed by atoms with Gasteiger partial charge in [0.05, 0.1) is 12.6 Å². The summed E-state index contributed by atoms with van der Waals surface area (Å²) in [5.74, 6) is 1.64. The summed E-state index contributed by atoms with van der Waals surface area (Å²) in [6.45, 7) is 9.91. The summed E-state index contributed by atoms with van der Waals surface area (Å²) < 4.78 is 2.06. The van der Waals surface area contributed by atoms with E-state index in [-0.39, 0.29) is 18.1 Å². The lowest BCUT2D eigenvalue weighted by Crippen LogP contribution is -2.38. The second kappa shape index (κ2) is 8.67. The summed E-state index contributed by atoms with van der Waals surface area (Å²) in [5.41, 5.74) is 0. The van der Waals surface area contributed by atoms with Crippen LogP contribution in [0.2, 0.25) is 0 Å². The third-order valence-electron chi connectivity index (χ3n) is 3.13. The van der Waals surface area contributed by atoms with E-state index in [1.54, 1.807) is 13.1 Å². The van der Waals surface area contributed by atoms with Crippen LogP contribution in [0.25, 0.3) is 0 Å². The fraction of sp³-hybridized carbons (Fsp3) is 0.733.